The van der Waals surface area contributed by atoms with Crippen LogP contribution in [0.1, 0.15) is 12.8 Å². The quantitative estimate of drug-likeness (QED) is 0.850. The highest BCUT2D eigenvalue weighted by atomic mass is 32.2. The average Bonchev–Trinajstić information content (AvgIpc) is 3.02. The second kappa shape index (κ2) is 6.00. The summed E-state index contributed by atoms with van der Waals surface area (Å²) in [5.74, 6) is -0.517. The Morgan fingerprint density at radius 2 is 2.00 bits per heavy atom. The van der Waals surface area contributed by atoms with Crippen LogP contribution in [0.15, 0.2) is 29.2 Å². The van der Waals surface area contributed by atoms with Crippen LogP contribution in [0.25, 0.3) is 0 Å². The topological polar surface area (TPSA) is 55.8 Å². The number of nitrogens with zero attached hydrogens (tertiary/aromatic N) is 1. The summed E-state index contributed by atoms with van der Waals surface area (Å²) in [5.41, 5.74) is 0. The largest absolute Gasteiger partial charge is 0.350 e. The van der Waals surface area contributed by atoms with Crippen LogP contribution >= 0.6 is 0 Å². The van der Waals surface area contributed by atoms with Crippen molar-refractivity contribution in [1.82, 2.24) is 4.31 Å². The van der Waals surface area contributed by atoms with E-state index in [-0.39, 0.29) is 17.1 Å². The van der Waals surface area contributed by atoms with Gasteiger partial charge in [-0.3, -0.25) is 0 Å². The van der Waals surface area contributed by atoms with Crippen molar-refractivity contribution in [3.05, 3.63) is 30.1 Å². The minimum absolute atomic E-state index is 0.00333. The lowest BCUT2D eigenvalue weighted by atomic mass is 9.99. The van der Waals surface area contributed by atoms with Crippen molar-refractivity contribution < 1.29 is 22.3 Å². The molecule has 2 aliphatic heterocycles. The van der Waals surface area contributed by atoms with E-state index in [0.717, 1.165) is 18.9 Å². The minimum Gasteiger partial charge on any atom is -0.350 e. The molecular weight excluding hydrogens is 297 g/mol. The zero-order valence-electron chi connectivity index (χ0n) is 11.6. The van der Waals surface area contributed by atoms with Gasteiger partial charge in [0.05, 0.1) is 18.1 Å². The number of rotatable bonds is 3. The Hall–Kier alpha value is -1.02. The summed E-state index contributed by atoms with van der Waals surface area (Å²) in [4.78, 5) is -0.00333. The lowest BCUT2D eigenvalue weighted by Gasteiger charge is -2.33. The SMILES string of the molecule is O=S(=O)(c1cccc(F)c1)N1CCC[C@H](C2OCCO2)C1. The van der Waals surface area contributed by atoms with Gasteiger partial charge in [-0.25, -0.2) is 12.8 Å². The maximum atomic E-state index is 13.3. The van der Waals surface area contributed by atoms with Crippen LogP contribution in [0, 0.1) is 11.7 Å². The van der Waals surface area contributed by atoms with Gasteiger partial charge in [0, 0.05) is 19.0 Å². The lowest BCUT2D eigenvalue weighted by Crippen LogP contribution is -2.43. The van der Waals surface area contributed by atoms with Crippen LogP contribution in [-0.4, -0.2) is 45.3 Å². The van der Waals surface area contributed by atoms with Crippen LogP contribution in [0.4, 0.5) is 4.39 Å². The van der Waals surface area contributed by atoms with Crippen LogP contribution in [0.3, 0.4) is 0 Å². The Labute approximate surface area is 123 Å². The first-order valence-electron chi connectivity index (χ1n) is 7.06. The lowest BCUT2D eigenvalue weighted by molar-refractivity contribution is -0.0940. The van der Waals surface area contributed by atoms with Crippen LogP contribution in [0.5, 0.6) is 0 Å². The van der Waals surface area contributed by atoms with E-state index in [1.54, 1.807) is 0 Å². The first-order chi connectivity index (χ1) is 10.1. The van der Waals surface area contributed by atoms with Gasteiger partial charge in [-0.2, -0.15) is 4.31 Å². The van der Waals surface area contributed by atoms with E-state index in [0.29, 0.717) is 26.3 Å². The molecule has 7 heteroatoms. The molecule has 0 radical (unpaired) electrons. The molecule has 2 saturated heterocycles. The molecule has 0 aliphatic carbocycles. The van der Waals surface area contributed by atoms with Crippen molar-refractivity contribution in [3.8, 4) is 0 Å². The number of hydrogen-bond acceptors (Lipinski definition) is 4. The molecule has 3 rings (SSSR count). The Morgan fingerprint density at radius 3 is 2.71 bits per heavy atom. The fourth-order valence-electron chi connectivity index (χ4n) is 2.84. The molecule has 21 heavy (non-hydrogen) atoms. The van der Waals surface area contributed by atoms with Gasteiger partial charge in [0.2, 0.25) is 10.0 Å². The predicted octanol–water partition coefficient (Wildman–Crippen LogP) is 1.60. The molecule has 1 aromatic carbocycles. The van der Waals surface area contributed by atoms with E-state index in [1.165, 1.54) is 22.5 Å². The van der Waals surface area contributed by atoms with Gasteiger partial charge in [0.25, 0.3) is 0 Å². The maximum Gasteiger partial charge on any atom is 0.243 e. The van der Waals surface area contributed by atoms with Crippen molar-refractivity contribution in [3.63, 3.8) is 0 Å². The fourth-order valence-corrected chi connectivity index (χ4v) is 4.41. The van der Waals surface area contributed by atoms with Crippen LogP contribution < -0.4 is 0 Å². The molecule has 5 nitrogen and oxygen atoms in total. The highest BCUT2D eigenvalue weighted by Crippen LogP contribution is 2.28. The predicted molar refractivity (Wildman–Crippen MR) is 73.6 cm³/mol. The number of ether oxygens (including phenoxy) is 2. The third-order valence-corrected chi connectivity index (χ3v) is 5.75. The molecule has 1 atom stereocenters. The second-order valence-electron chi connectivity index (χ2n) is 5.33. The summed E-state index contributed by atoms with van der Waals surface area (Å²) in [6, 6.07) is 5.12. The third-order valence-electron chi connectivity index (χ3n) is 3.89. The van der Waals surface area contributed by atoms with E-state index >= 15 is 0 Å². The van der Waals surface area contributed by atoms with E-state index in [4.69, 9.17) is 9.47 Å². The Kier molecular flexibility index (Phi) is 4.26. The molecule has 0 saturated carbocycles. The standard InChI is InChI=1S/C14H18FNO4S/c15-12-4-1-5-13(9-12)21(17,18)16-6-2-3-11(10-16)14-19-7-8-20-14/h1,4-5,9,11,14H,2-3,6-8,10H2/t11-/m0/s1. The van der Waals surface area contributed by atoms with Gasteiger partial charge in [-0.1, -0.05) is 6.07 Å². The van der Waals surface area contributed by atoms with Crippen LogP contribution in [-0.2, 0) is 19.5 Å². The average molecular weight is 315 g/mol. The minimum atomic E-state index is -3.66. The van der Waals surface area contributed by atoms with E-state index in [9.17, 15) is 12.8 Å². The number of piperidine rings is 1. The van der Waals surface area contributed by atoms with Gasteiger partial charge in [-0.05, 0) is 31.0 Å². The molecule has 116 valence electrons. The normalized spacial score (nSPS) is 25.3. The van der Waals surface area contributed by atoms with Gasteiger partial charge >= 0.3 is 0 Å². The highest BCUT2D eigenvalue weighted by Gasteiger charge is 2.36. The monoisotopic (exact) mass is 315 g/mol. The third kappa shape index (κ3) is 3.11. The molecular formula is C14H18FNO4S. The smallest absolute Gasteiger partial charge is 0.243 e. The number of sulfonamides is 1. The zero-order chi connectivity index (χ0) is 14.9. The first kappa shape index (κ1) is 14.9. The second-order valence-corrected chi connectivity index (χ2v) is 7.27. The highest BCUT2D eigenvalue weighted by molar-refractivity contribution is 7.89. The van der Waals surface area contributed by atoms with Gasteiger partial charge < -0.3 is 9.47 Å². The Morgan fingerprint density at radius 1 is 1.24 bits per heavy atom. The fraction of sp³-hybridized carbons (Fsp3) is 0.571. The number of benzene rings is 1. The van der Waals surface area contributed by atoms with E-state index in [2.05, 4.69) is 0 Å². The van der Waals surface area contributed by atoms with E-state index in [1.807, 2.05) is 0 Å². The maximum absolute atomic E-state index is 13.3. The summed E-state index contributed by atoms with van der Waals surface area (Å²) >= 11 is 0. The molecule has 0 spiro atoms. The molecule has 2 aliphatic rings. The molecule has 2 fully saturated rings. The van der Waals surface area contributed by atoms with Crippen molar-refractivity contribution in [2.24, 2.45) is 5.92 Å². The van der Waals surface area contributed by atoms with Crippen LogP contribution in [0.2, 0.25) is 0 Å². The first-order valence-corrected chi connectivity index (χ1v) is 8.50. The van der Waals surface area contributed by atoms with Crippen molar-refractivity contribution in [1.29, 1.82) is 0 Å². The molecule has 1 aromatic rings. The van der Waals surface area contributed by atoms with Gasteiger partial charge in [0.15, 0.2) is 6.29 Å². The van der Waals surface area contributed by atoms with E-state index < -0.39 is 15.8 Å². The van der Waals surface area contributed by atoms with Gasteiger partial charge in [0.1, 0.15) is 5.82 Å². The van der Waals surface area contributed by atoms with Crippen molar-refractivity contribution in [2.45, 2.75) is 24.0 Å². The summed E-state index contributed by atoms with van der Waals surface area (Å²) in [6.45, 7) is 1.90. The molecule has 2 heterocycles. The number of halogens is 1. The summed E-state index contributed by atoms with van der Waals surface area (Å²) in [5, 5.41) is 0. The molecule has 0 N–H and O–H groups in total. The van der Waals surface area contributed by atoms with Gasteiger partial charge in [-0.15, -0.1) is 0 Å². The molecule has 0 amide bonds. The van der Waals surface area contributed by atoms with Crippen molar-refractivity contribution >= 4 is 10.0 Å². The Bertz CT molecular complexity index is 601. The summed E-state index contributed by atoms with van der Waals surface area (Å²) < 4.78 is 50.8. The summed E-state index contributed by atoms with van der Waals surface area (Å²) in [6.07, 6.45) is 1.30. The number of hydrogen-bond donors (Lipinski definition) is 0. The zero-order valence-corrected chi connectivity index (χ0v) is 12.4. The van der Waals surface area contributed by atoms with Crippen molar-refractivity contribution in [2.75, 3.05) is 26.3 Å². The molecule has 0 unspecified atom stereocenters. The molecule has 0 bridgehead atoms. The summed E-state index contributed by atoms with van der Waals surface area (Å²) in [7, 11) is -3.66. The Balaban J connectivity index is 1.78. The molecule has 0 aromatic heterocycles.